The molecule has 0 aliphatic heterocycles. The summed E-state index contributed by atoms with van der Waals surface area (Å²) < 4.78 is 1.62. The van der Waals surface area contributed by atoms with Crippen LogP contribution in [0.5, 0.6) is 5.75 Å². The van der Waals surface area contributed by atoms with Crippen molar-refractivity contribution in [3.63, 3.8) is 0 Å². The average Bonchev–Trinajstić information content (AvgIpc) is 2.67. The molecule has 0 bridgehead atoms. The number of hydrogen-bond acceptors (Lipinski definition) is 5. The first-order chi connectivity index (χ1) is 8.08. The minimum absolute atomic E-state index is 0.104. The molecule has 2 N–H and O–H groups in total. The second kappa shape index (κ2) is 4.54. The summed E-state index contributed by atoms with van der Waals surface area (Å²) >= 11 is 0. The molecule has 0 aliphatic rings. The van der Waals surface area contributed by atoms with E-state index < -0.39 is 0 Å². The third-order valence-electron chi connectivity index (χ3n) is 2.48. The SMILES string of the molecule is Cn1nccc1-c1cc(CN([O-])O)ccc1O. The van der Waals surface area contributed by atoms with Crippen LogP contribution in [-0.2, 0) is 13.6 Å². The van der Waals surface area contributed by atoms with Gasteiger partial charge in [-0.25, -0.2) is 0 Å². The van der Waals surface area contributed by atoms with Crippen LogP contribution in [0.2, 0.25) is 0 Å². The molecule has 17 heavy (non-hydrogen) atoms. The Morgan fingerprint density at radius 2 is 2.18 bits per heavy atom. The monoisotopic (exact) mass is 234 g/mol. The van der Waals surface area contributed by atoms with Crippen molar-refractivity contribution in [3.05, 3.63) is 41.2 Å². The molecule has 2 aromatic rings. The molecule has 6 heteroatoms. The lowest BCUT2D eigenvalue weighted by Crippen LogP contribution is -2.09. The minimum Gasteiger partial charge on any atom is -0.762 e. The summed E-state index contributed by atoms with van der Waals surface area (Å²) in [6, 6.07) is 6.47. The van der Waals surface area contributed by atoms with Crippen molar-refractivity contribution in [3.8, 4) is 17.0 Å². The Morgan fingerprint density at radius 1 is 1.41 bits per heavy atom. The maximum Gasteiger partial charge on any atom is 0.124 e. The van der Waals surface area contributed by atoms with Gasteiger partial charge >= 0.3 is 0 Å². The van der Waals surface area contributed by atoms with Crippen molar-refractivity contribution in [1.29, 1.82) is 0 Å². The Morgan fingerprint density at radius 3 is 2.76 bits per heavy atom. The summed E-state index contributed by atoms with van der Waals surface area (Å²) in [5.74, 6) is 0.104. The third kappa shape index (κ3) is 2.44. The zero-order valence-corrected chi connectivity index (χ0v) is 9.24. The number of phenols is 1. The Kier molecular flexibility index (Phi) is 3.10. The lowest BCUT2D eigenvalue weighted by Gasteiger charge is -2.19. The fourth-order valence-electron chi connectivity index (χ4n) is 1.68. The summed E-state index contributed by atoms with van der Waals surface area (Å²) in [4.78, 5) is 0. The van der Waals surface area contributed by atoms with Crippen LogP contribution in [0.4, 0.5) is 0 Å². The number of aromatic hydroxyl groups is 1. The van der Waals surface area contributed by atoms with Gasteiger partial charge in [-0.15, -0.1) is 0 Å². The highest BCUT2D eigenvalue weighted by atomic mass is 16.8. The van der Waals surface area contributed by atoms with Gasteiger partial charge in [0, 0.05) is 25.4 Å². The molecule has 1 aromatic heterocycles. The fraction of sp³-hybridized carbons (Fsp3) is 0.182. The molecular weight excluding hydrogens is 222 g/mol. The molecule has 0 radical (unpaired) electrons. The van der Waals surface area contributed by atoms with Gasteiger partial charge in [-0.1, -0.05) is 6.07 Å². The van der Waals surface area contributed by atoms with E-state index in [0.29, 0.717) is 11.1 Å². The maximum absolute atomic E-state index is 10.6. The van der Waals surface area contributed by atoms with Crippen molar-refractivity contribution in [2.75, 3.05) is 0 Å². The van der Waals surface area contributed by atoms with Crippen molar-refractivity contribution in [2.45, 2.75) is 6.54 Å². The average molecular weight is 234 g/mol. The smallest absolute Gasteiger partial charge is 0.124 e. The lowest BCUT2D eigenvalue weighted by molar-refractivity contribution is -0.0487. The molecule has 2 rings (SSSR count). The number of benzene rings is 1. The van der Waals surface area contributed by atoms with E-state index in [-0.39, 0.29) is 17.5 Å². The molecule has 0 unspecified atom stereocenters. The Labute approximate surface area is 97.9 Å². The second-order valence-electron chi connectivity index (χ2n) is 3.70. The van der Waals surface area contributed by atoms with Gasteiger partial charge in [0.25, 0.3) is 0 Å². The first-order valence-corrected chi connectivity index (χ1v) is 5.02. The zero-order chi connectivity index (χ0) is 12.4. The molecule has 0 fully saturated rings. The van der Waals surface area contributed by atoms with E-state index in [2.05, 4.69) is 5.10 Å². The highest BCUT2D eigenvalue weighted by molar-refractivity contribution is 5.67. The number of hydroxylamine groups is 2. The van der Waals surface area contributed by atoms with Gasteiger partial charge in [-0.3, -0.25) is 9.91 Å². The zero-order valence-electron chi connectivity index (χ0n) is 9.24. The van der Waals surface area contributed by atoms with E-state index in [9.17, 15) is 10.3 Å². The standard InChI is InChI=1S/C11H12N3O3/c1-13-10(4-5-12-13)9-6-8(7-14(16)17)2-3-11(9)15/h2-6,15-16H,7H2,1H3/q-1. The molecule has 1 aromatic carbocycles. The van der Waals surface area contributed by atoms with Gasteiger partial charge in [0.05, 0.1) is 5.69 Å². The summed E-state index contributed by atoms with van der Waals surface area (Å²) in [5.41, 5.74) is 1.92. The van der Waals surface area contributed by atoms with Gasteiger partial charge in [-0.2, -0.15) is 5.10 Å². The van der Waals surface area contributed by atoms with Crippen LogP contribution >= 0.6 is 0 Å². The number of hydrogen-bond donors (Lipinski definition) is 2. The quantitative estimate of drug-likeness (QED) is 0.786. The van der Waals surface area contributed by atoms with Gasteiger partial charge in [-0.05, 0) is 23.8 Å². The van der Waals surface area contributed by atoms with Crippen LogP contribution < -0.4 is 0 Å². The van der Waals surface area contributed by atoms with Crippen LogP contribution in [0.15, 0.2) is 30.5 Å². The van der Waals surface area contributed by atoms with E-state index in [1.54, 1.807) is 36.1 Å². The molecule has 1 heterocycles. The number of aryl methyl sites for hydroxylation is 1. The van der Waals surface area contributed by atoms with E-state index in [0.717, 1.165) is 5.69 Å². The van der Waals surface area contributed by atoms with Gasteiger partial charge in [0.1, 0.15) is 5.75 Å². The number of aromatic nitrogens is 2. The predicted molar refractivity (Wildman–Crippen MR) is 61.0 cm³/mol. The fourth-order valence-corrected chi connectivity index (χ4v) is 1.68. The molecule has 90 valence electrons. The largest absolute Gasteiger partial charge is 0.762 e. The first kappa shape index (κ1) is 11.6. The highest BCUT2D eigenvalue weighted by Crippen LogP contribution is 2.29. The van der Waals surface area contributed by atoms with Crippen molar-refractivity contribution < 1.29 is 10.3 Å². The van der Waals surface area contributed by atoms with Crippen LogP contribution in [0.3, 0.4) is 0 Å². The summed E-state index contributed by atoms with van der Waals surface area (Å²) in [5, 5.41) is 32.8. The topological polar surface area (TPSA) is 84.6 Å². The molecule has 0 atom stereocenters. The number of nitrogens with zero attached hydrogens (tertiary/aromatic N) is 3. The van der Waals surface area contributed by atoms with Crippen LogP contribution in [0.1, 0.15) is 5.56 Å². The van der Waals surface area contributed by atoms with E-state index in [1.165, 1.54) is 6.07 Å². The summed E-state index contributed by atoms with van der Waals surface area (Å²) in [6.45, 7) is -0.148. The van der Waals surface area contributed by atoms with Crippen molar-refractivity contribution in [1.82, 2.24) is 15.0 Å². The molecule has 0 saturated heterocycles. The molecule has 0 saturated carbocycles. The molecular formula is C11H12N3O3-. The summed E-state index contributed by atoms with van der Waals surface area (Å²) in [7, 11) is 1.76. The van der Waals surface area contributed by atoms with E-state index >= 15 is 0 Å². The van der Waals surface area contributed by atoms with Crippen molar-refractivity contribution in [2.24, 2.45) is 7.05 Å². The molecule has 0 spiro atoms. The van der Waals surface area contributed by atoms with Crippen LogP contribution in [0, 0.1) is 5.21 Å². The Bertz CT molecular complexity index is 522. The number of phenolic OH excluding ortho intramolecular Hbond substituents is 1. The second-order valence-corrected chi connectivity index (χ2v) is 3.70. The van der Waals surface area contributed by atoms with Crippen LogP contribution in [-0.4, -0.2) is 25.3 Å². The molecule has 6 nitrogen and oxygen atoms in total. The van der Waals surface area contributed by atoms with Gasteiger partial charge in [0.2, 0.25) is 0 Å². The predicted octanol–water partition coefficient (Wildman–Crippen LogP) is 1.48. The van der Waals surface area contributed by atoms with Crippen LogP contribution in [0.25, 0.3) is 11.3 Å². The van der Waals surface area contributed by atoms with E-state index in [4.69, 9.17) is 5.21 Å². The summed E-state index contributed by atoms with van der Waals surface area (Å²) in [6.07, 6.45) is 1.62. The first-order valence-electron chi connectivity index (χ1n) is 5.02. The lowest BCUT2D eigenvalue weighted by atomic mass is 10.1. The van der Waals surface area contributed by atoms with Gasteiger partial charge < -0.3 is 15.5 Å². The number of rotatable bonds is 3. The maximum atomic E-state index is 10.6. The molecule has 0 aliphatic carbocycles. The molecule has 0 amide bonds. The minimum atomic E-state index is -0.153. The Hall–Kier alpha value is -1.89. The third-order valence-corrected chi connectivity index (χ3v) is 2.48. The Balaban J connectivity index is 2.43. The van der Waals surface area contributed by atoms with E-state index in [1.807, 2.05) is 0 Å². The van der Waals surface area contributed by atoms with Gasteiger partial charge in [0.15, 0.2) is 0 Å². The van der Waals surface area contributed by atoms with Crippen molar-refractivity contribution >= 4 is 0 Å². The highest BCUT2D eigenvalue weighted by Gasteiger charge is 2.09. The normalized spacial score (nSPS) is 11.1.